The molecule has 3 heteroatoms. The van der Waals surface area contributed by atoms with Crippen molar-refractivity contribution in [3.8, 4) is 0 Å². The molecule has 0 fully saturated rings. The number of carbonyl (C=O) groups excluding carboxylic acids is 1. The van der Waals surface area contributed by atoms with Crippen LogP contribution in [0.15, 0.2) is 41.3 Å². The van der Waals surface area contributed by atoms with Gasteiger partial charge in [-0.15, -0.1) is 11.8 Å². The Morgan fingerprint density at radius 3 is 2.62 bits per heavy atom. The van der Waals surface area contributed by atoms with Gasteiger partial charge in [-0.25, -0.2) is 0 Å². The smallest absolute Gasteiger partial charge is 0.234 e. The molecule has 1 N–H and O–H groups in total. The molecule has 0 spiro atoms. The summed E-state index contributed by atoms with van der Waals surface area (Å²) in [4.78, 5) is 12.8. The molecule has 0 aromatic heterocycles. The fourth-order valence-corrected chi connectivity index (χ4v) is 2.03. The normalized spacial score (nSPS) is 11.2. The highest BCUT2D eigenvalue weighted by Crippen LogP contribution is 2.18. The first-order valence-electron chi connectivity index (χ1n) is 5.39. The van der Waals surface area contributed by atoms with Crippen molar-refractivity contribution in [3.63, 3.8) is 0 Å². The molecule has 0 aliphatic heterocycles. The van der Waals surface area contributed by atoms with Crippen molar-refractivity contribution in [3.05, 3.63) is 41.3 Å². The SMILES string of the molecule is C/C=C(/CC)SCC(=O)Nc1ccccc1. The van der Waals surface area contributed by atoms with Crippen LogP contribution in [0.3, 0.4) is 0 Å². The van der Waals surface area contributed by atoms with E-state index < -0.39 is 0 Å². The minimum atomic E-state index is 0.0454. The highest BCUT2D eigenvalue weighted by Gasteiger charge is 2.03. The average Bonchev–Trinajstić information content (AvgIpc) is 2.31. The summed E-state index contributed by atoms with van der Waals surface area (Å²) < 4.78 is 0. The van der Waals surface area contributed by atoms with E-state index in [0.29, 0.717) is 5.75 Å². The van der Waals surface area contributed by atoms with E-state index in [9.17, 15) is 4.79 Å². The van der Waals surface area contributed by atoms with Gasteiger partial charge in [-0.3, -0.25) is 4.79 Å². The molecular weight excluding hydrogens is 218 g/mol. The fourth-order valence-electron chi connectivity index (χ4n) is 1.27. The predicted octanol–water partition coefficient (Wildman–Crippen LogP) is 3.67. The third kappa shape index (κ3) is 4.53. The standard InChI is InChI=1S/C13H17NOS/c1-3-12(4-2)16-10-13(15)14-11-8-6-5-7-9-11/h3,5-9H,4,10H2,1-2H3,(H,14,15)/b12-3-. The number of nitrogens with one attached hydrogen (secondary N) is 1. The topological polar surface area (TPSA) is 29.1 Å². The van der Waals surface area contributed by atoms with Crippen LogP contribution in [0, 0.1) is 0 Å². The highest BCUT2D eigenvalue weighted by molar-refractivity contribution is 8.03. The maximum absolute atomic E-state index is 11.6. The van der Waals surface area contributed by atoms with Crippen LogP contribution in [0.25, 0.3) is 0 Å². The molecule has 0 atom stereocenters. The predicted molar refractivity (Wildman–Crippen MR) is 71.6 cm³/mol. The Balaban J connectivity index is 2.37. The number of carbonyl (C=O) groups is 1. The maximum atomic E-state index is 11.6. The number of para-hydroxylation sites is 1. The van der Waals surface area contributed by atoms with Crippen LogP contribution in [0.4, 0.5) is 5.69 Å². The molecule has 0 radical (unpaired) electrons. The zero-order valence-corrected chi connectivity index (χ0v) is 10.5. The number of hydrogen-bond donors (Lipinski definition) is 1. The van der Waals surface area contributed by atoms with E-state index in [1.165, 1.54) is 4.91 Å². The summed E-state index contributed by atoms with van der Waals surface area (Å²) in [5, 5.41) is 2.86. The van der Waals surface area contributed by atoms with Gasteiger partial charge in [0.05, 0.1) is 5.75 Å². The molecule has 1 rings (SSSR count). The highest BCUT2D eigenvalue weighted by atomic mass is 32.2. The van der Waals surface area contributed by atoms with Crippen LogP contribution in [-0.4, -0.2) is 11.7 Å². The van der Waals surface area contributed by atoms with Gasteiger partial charge in [-0.05, 0) is 30.4 Å². The molecule has 0 saturated carbocycles. The summed E-state index contributed by atoms with van der Waals surface area (Å²) in [6, 6.07) is 9.52. The van der Waals surface area contributed by atoms with Crippen molar-refractivity contribution in [2.75, 3.05) is 11.1 Å². The van der Waals surface area contributed by atoms with Crippen molar-refractivity contribution < 1.29 is 4.79 Å². The Bertz CT molecular complexity index is 359. The summed E-state index contributed by atoms with van der Waals surface area (Å²) in [6.45, 7) is 4.10. The number of anilines is 1. The van der Waals surface area contributed by atoms with Gasteiger partial charge in [0, 0.05) is 5.69 Å². The molecule has 0 bridgehead atoms. The Hall–Kier alpha value is -1.22. The number of hydrogen-bond acceptors (Lipinski definition) is 2. The largest absolute Gasteiger partial charge is 0.325 e. The van der Waals surface area contributed by atoms with Crippen LogP contribution in [-0.2, 0) is 4.79 Å². The van der Waals surface area contributed by atoms with Crippen molar-refractivity contribution >= 4 is 23.4 Å². The lowest BCUT2D eigenvalue weighted by Crippen LogP contribution is -2.13. The minimum Gasteiger partial charge on any atom is -0.325 e. The number of thioether (sulfide) groups is 1. The summed E-state index contributed by atoms with van der Waals surface area (Å²) >= 11 is 1.60. The monoisotopic (exact) mass is 235 g/mol. The quantitative estimate of drug-likeness (QED) is 0.843. The number of benzene rings is 1. The molecule has 1 aromatic carbocycles. The number of allylic oxidation sites excluding steroid dienone is 2. The molecule has 0 aliphatic rings. The van der Waals surface area contributed by atoms with Gasteiger partial charge in [0.25, 0.3) is 0 Å². The van der Waals surface area contributed by atoms with E-state index in [0.717, 1.165) is 12.1 Å². The molecule has 0 unspecified atom stereocenters. The molecule has 0 aliphatic carbocycles. The van der Waals surface area contributed by atoms with Gasteiger partial charge in [0.1, 0.15) is 0 Å². The van der Waals surface area contributed by atoms with Crippen molar-refractivity contribution in [2.24, 2.45) is 0 Å². The third-order valence-electron chi connectivity index (χ3n) is 2.12. The fraction of sp³-hybridized carbons (Fsp3) is 0.308. The summed E-state index contributed by atoms with van der Waals surface area (Å²) in [6.07, 6.45) is 3.04. The van der Waals surface area contributed by atoms with E-state index in [-0.39, 0.29) is 5.91 Å². The molecular formula is C13H17NOS. The van der Waals surface area contributed by atoms with Crippen LogP contribution < -0.4 is 5.32 Å². The van der Waals surface area contributed by atoms with Gasteiger partial charge in [-0.1, -0.05) is 31.2 Å². The maximum Gasteiger partial charge on any atom is 0.234 e. The first-order valence-corrected chi connectivity index (χ1v) is 6.37. The van der Waals surface area contributed by atoms with Gasteiger partial charge < -0.3 is 5.32 Å². The first kappa shape index (κ1) is 12.8. The zero-order chi connectivity index (χ0) is 11.8. The Labute approximate surface area is 101 Å². The number of rotatable bonds is 5. The van der Waals surface area contributed by atoms with Gasteiger partial charge in [0.2, 0.25) is 5.91 Å². The van der Waals surface area contributed by atoms with Gasteiger partial charge >= 0.3 is 0 Å². The second-order valence-corrected chi connectivity index (χ2v) is 4.41. The lowest BCUT2D eigenvalue weighted by atomic mass is 10.3. The van der Waals surface area contributed by atoms with Crippen molar-refractivity contribution in [1.82, 2.24) is 0 Å². The molecule has 0 heterocycles. The average molecular weight is 235 g/mol. The Morgan fingerprint density at radius 2 is 2.06 bits per heavy atom. The molecule has 0 saturated heterocycles. The van der Waals surface area contributed by atoms with E-state index in [1.54, 1.807) is 11.8 Å². The van der Waals surface area contributed by atoms with Gasteiger partial charge in [0.15, 0.2) is 0 Å². The van der Waals surface area contributed by atoms with Crippen LogP contribution in [0.1, 0.15) is 20.3 Å². The second-order valence-electron chi connectivity index (χ2n) is 3.31. The zero-order valence-electron chi connectivity index (χ0n) is 9.69. The molecule has 2 nitrogen and oxygen atoms in total. The summed E-state index contributed by atoms with van der Waals surface area (Å²) in [5.74, 6) is 0.520. The first-order chi connectivity index (χ1) is 7.76. The van der Waals surface area contributed by atoms with E-state index in [1.807, 2.05) is 37.3 Å². The third-order valence-corrected chi connectivity index (χ3v) is 3.42. The lowest BCUT2D eigenvalue weighted by Gasteiger charge is -2.05. The summed E-state index contributed by atoms with van der Waals surface area (Å²) in [7, 11) is 0. The second kappa shape index (κ2) is 7.12. The molecule has 16 heavy (non-hydrogen) atoms. The summed E-state index contributed by atoms with van der Waals surface area (Å²) in [5.41, 5.74) is 0.853. The Morgan fingerprint density at radius 1 is 1.38 bits per heavy atom. The molecule has 86 valence electrons. The molecule has 1 aromatic rings. The minimum absolute atomic E-state index is 0.0454. The number of amides is 1. The van der Waals surface area contributed by atoms with E-state index in [4.69, 9.17) is 0 Å². The van der Waals surface area contributed by atoms with Gasteiger partial charge in [-0.2, -0.15) is 0 Å². The van der Waals surface area contributed by atoms with Crippen LogP contribution >= 0.6 is 11.8 Å². The van der Waals surface area contributed by atoms with E-state index in [2.05, 4.69) is 18.3 Å². The Kier molecular flexibility index (Phi) is 5.72. The van der Waals surface area contributed by atoms with Crippen molar-refractivity contribution in [1.29, 1.82) is 0 Å². The van der Waals surface area contributed by atoms with Crippen LogP contribution in [0.5, 0.6) is 0 Å². The van der Waals surface area contributed by atoms with Crippen LogP contribution in [0.2, 0.25) is 0 Å². The van der Waals surface area contributed by atoms with Crippen molar-refractivity contribution in [2.45, 2.75) is 20.3 Å². The lowest BCUT2D eigenvalue weighted by molar-refractivity contribution is -0.113. The van der Waals surface area contributed by atoms with E-state index >= 15 is 0 Å². The molecule has 1 amide bonds.